The Morgan fingerprint density at radius 2 is 1.73 bits per heavy atom. The van der Waals surface area contributed by atoms with Crippen LogP contribution in [0, 0.1) is 11.6 Å². The average molecular weight is 522 g/mol. The van der Waals surface area contributed by atoms with Gasteiger partial charge in [-0.3, -0.25) is 4.79 Å². The van der Waals surface area contributed by atoms with Crippen molar-refractivity contribution in [3.63, 3.8) is 0 Å². The number of nitrogens with one attached hydrogen (secondary N) is 2. The van der Waals surface area contributed by atoms with E-state index in [-0.39, 0.29) is 16.8 Å². The van der Waals surface area contributed by atoms with E-state index < -0.39 is 29.3 Å². The lowest BCUT2D eigenvalue weighted by molar-refractivity contribution is -0.192. The molecule has 5 rings (SSSR count). The first-order chi connectivity index (χ1) is 17.5. The summed E-state index contributed by atoms with van der Waals surface area (Å²) in [7, 11) is 0. The van der Waals surface area contributed by atoms with Crippen LogP contribution in [0.2, 0.25) is 0 Å². The van der Waals surface area contributed by atoms with Crippen molar-refractivity contribution < 1.29 is 31.9 Å². The number of hydrogen-bond donors (Lipinski definition) is 3. The first kappa shape index (κ1) is 26.3. The molecular weight excluding hydrogens is 499 g/mol. The number of aromatic nitrogens is 3. The van der Waals surface area contributed by atoms with Crippen molar-refractivity contribution in [2.75, 3.05) is 19.6 Å². The number of fused-ring (bicyclic) bond motifs is 2. The Bertz CT molecular complexity index is 1470. The Balaban J connectivity index is 0.000000405. The van der Waals surface area contributed by atoms with Gasteiger partial charge in [-0.25, -0.2) is 18.6 Å². The van der Waals surface area contributed by atoms with Crippen LogP contribution in [-0.2, 0) is 11.2 Å². The highest BCUT2D eigenvalue weighted by atomic mass is 19.4. The standard InChI is InChI=1S/C23H22F2N4O.C2HF3O2/c24-18-11-17-21(12-19(18)25)27-22(28-23(17)30)14-5-8-29(9-6-14)10-7-15-13-26-20-4-2-1-3-16(15)20;3-2(4,5)1(6)7/h1-4,11-14,26H,5-10H2,(H,27,28,30);(H,6,7). The number of rotatable bonds is 4. The number of benzene rings is 2. The number of piperidine rings is 1. The molecule has 1 aliphatic rings. The molecule has 0 saturated carbocycles. The van der Waals surface area contributed by atoms with Crippen molar-refractivity contribution in [3.8, 4) is 0 Å². The smallest absolute Gasteiger partial charge is 0.475 e. The molecule has 0 aliphatic carbocycles. The molecular formula is C25H23F5N4O3. The van der Waals surface area contributed by atoms with E-state index in [1.807, 2.05) is 6.07 Å². The highest BCUT2D eigenvalue weighted by molar-refractivity contribution is 5.83. The van der Waals surface area contributed by atoms with Gasteiger partial charge < -0.3 is 20.0 Å². The van der Waals surface area contributed by atoms with E-state index in [2.05, 4.69) is 44.2 Å². The monoisotopic (exact) mass is 522 g/mol. The van der Waals surface area contributed by atoms with Crippen LogP contribution in [0.5, 0.6) is 0 Å². The number of carbonyl (C=O) groups is 1. The molecule has 12 heteroatoms. The number of aliphatic carboxylic acids is 1. The number of carboxylic acid groups (broad SMARTS) is 1. The molecule has 0 unspecified atom stereocenters. The zero-order valence-corrected chi connectivity index (χ0v) is 19.4. The lowest BCUT2D eigenvalue weighted by Gasteiger charge is -2.31. The second-order valence-corrected chi connectivity index (χ2v) is 8.76. The number of alkyl halides is 3. The zero-order valence-electron chi connectivity index (χ0n) is 19.4. The van der Waals surface area contributed by atoms with Crippen LogP contribution in [0.25, 0.3) is 21.8 Å². The van der Waals surface area contributed by atoms with Crippen LogP contribution in [0.15, 0.2) is 47.4 Å². The van der Waals surface area contributed by atoms with Gasteiger partial charge >= 0.3 is 12.1 Å². The number of likely N-dealkylation sites (tertiary alicyclic amines) is 1. The van der Waals surface area contributed by atoms with Gasteiger partial charge in [0.2, 0.25) is 0 Å². The molecule has 0 bridgehead atoms. The highest BCUT2D eigenvalue weighted by Crippen LogP contribution is 2.27. The van der Waals surface area contributed by atoms with Gasteiger partial charge in [0.05, 0.1) is 10.9 Å². The molecule has 37 heavy (non-hydrogen) atoms. The predicted molar refractivity (Wildman–Crippen MR) is 126 cm³/mol. The number of carboxylic acids is 1. The lowest BCUT2D eigenvalue weighted by Crippen LogP contribution is -2.35. The van der Waals surface area contributed by atoms with Crippen LogP contribution in [0.4, 0.5) is 22.0 Å². The Morgan fingerprint density at radius 3 is 2.41 bits per heavy atom. The summed E-state index contributed by atoms with van der Waals surface area (Å²) >= 11 is 0. The van der Waals surface area contributed by atoms with E-state index >= 15 is 0 Å². The number of aromatic amines is 2. The van der Waals surface area contributed by atoms with Gasteiger partial charge in [0, 0.05) is 35.6 Å². The van der Waals surface area contributed by atoms with Crippen LogP contribution in [-0.4, -0.2) is 56.7 Å². The van der Waals surface area contributed by atoms with Crippen LogP contribution in [0.3, 0.4) is 0 Å². The fourth-order valence-electron chi connectivity index (χ4n) is 4.39. The molecule has 0 amide bonds. The molecule has 1 fully saturated rings. The molecule has 0 spiro atoms. The maximum absolute atomic E-state index is 13.6. The second-order valence-electron chi connectivity index (χ2n) is 8.76. The van der Waals surface area contributed by atoms with Gasteiger partial charge in [0.15, 0.2) is 11.6 Å². The van der Waals surface area contributed by atoms with Crippen LogP contribution in [0.1, 0.15) is 30.1 Å². The molecule has 0 radical (unpaired) electrons. The summed E-state index contributed by atoms with van der Waals surface area (Å²) in [5.74, 6) is -4.11. The molecule has 7 nitrogen and oxygen atoms in total. The molecule has 4 aromatic rings. The van der Waals surface area contributed by atoms with Gasteiger partial charge in [-0.05, 0) is 50.0 Å². The van der Waals surface area contributed by atoms with E-state index in [0.29, 0.717) is 5.82 Å². The molecule has 0 atom stereocenters. The minimum atomic E-state index is -5.08. The summed E-state index contributed by atoms with van der Waals surface area (Å²) in [4.78, 5) is 34.2. The summed E-state index contributed by atoms with van der Waals surface area (Å²) in [5.41, 5.74) is 2.27. The number of hydrogen-bond acceptors (Lipinski definition) is 4. The molecule has 3 heterocycles. The number of halogens is 5. The second kappa shape index (κ2) is 10.7. The molecule has 2 aromatic heterocycles. The third kappa shape index (κ3) is 6.13. The largest absolute Gasteiger partial charge is 0.490 e. The molecule has 196 valence electrons. The van der Waals surface area contributed by atoms with Gasteiger partial charge in [-0.1, -0.05) is 18.2 Å². The van der Waals surface area contributed by atoms with Gasteiger partial charge in [0.1, 0.15) is 5.82 Å². The van der Waals surface area contributed by atoms with Gasteiger partial charge in [0.25, 0.3) is 5.56 Å². The van der Waals surface area contributed by atoms with E-state index in [0.717, 1.165) is 56.5 Å². The molecule has 1 aliphatic heterocycles. The lowest BCUT2D eigenvalue weighted by atomic mass is 9.95. The zero-order chi connectivity index (χ0) is 26.7. The topological polar surface area (TPSA) is 102 Å². The Morgan fingerprint density at radius 1 is 1.08 bits per heavy atom. The normalized spacial score (nSPS) is 15.1. The number of nitrogens with zero attached hydrogens (tertiary/aromatic N) is 2. The van der Waals surface area contributed by atoms with Crippen molar-refractivity contribution in [1.29, 1.82) is 0 Å². The van der Waals surface area contributed by atoms with Crippen molar-refractivity contribution in [3.05, 3.63) is 76.0 Å². The maximum atomic E-state index is 13.6. The van der Waals surface area contributed by atoms with Crippen molar-refractivity contribution in [1.82, 2.24) is 19.9 Å². The molecule has 3 N–H and O–H groups in total. The first-order valence-corrected chi connectivity index (χ1v) is 11.5. The highest BCUT2D eigenvalue weighted by Gasteiger charge is 2.38. The molecule has 1 saturated heterocycles. The minimum absolute atomic E-state index is 0.0776. The van der Waals surface area contributed by atoms with E-state index in [4.69, 9.17) is 9.90 Å². The Kier molecular flexibility index (Phi) is 7.58. The van der Waals surface area contributed by atoms with Crippen molar-refractivity contribution in [2.24, 2.45) is 0 Å². The van der Waals surface area contributed by atoms with Gasteiger partial charge in [-0.2, -0.15) is 13.2 Å². The fraction of sp³-hybridized carbons (Fsp3) is 0.320. The van der Waals surface area contributed by atoms with Gasteiger partial charge in [-0.15, -0.1) is 0 Å². The average Bonchev–Trinajstić information content (AvgIpc) is 3.27. The number of para-hydroxylation sites is 1. The fourth-order valence-corrected chi connectivity index (χ4v) is 4.39. The first-order valence-electron chi connectivity index (χ1n) is 11.5. The predicted octanol–water partition coefficient (Wildman–Crippen LogP) is 4.74. The van der Waals surface area contributed by atoms with Crippen LogP contribution < -0.4 is 5.56 Å². The number of H-pyrrole nitrogens is 2. The molecule has 2 aromatic carbocycles. The quantitative estimate of drug-likeness (QED) is 0.336. The van der Waals surface area contributed by atoms with E-state index in [1.165, 1.54) is 10.9 Å². The third-order valence-corrected chi connectivity index (χ3v) is 6.35. The van der Waals surface area contributed by atoms with Crippen molar-refractivity contribution >= 4 is 27.8 Å². The summed E-state index contributed by atoms with van der Waals surface area (Å²) in [5, 5.41) is 8.47. The Labute approximate surface area is 206 Å². The minimum Gasteiger partial charge on any atom is -0.475 e. The summed E-state index contributed by atoms with van der Waals surface area (Å²) in [6, 6.07) is 10.2. The van der Waals surface area contributed by atoms with E-state index in [9.17, 15) is 26.7 Å². The summed E-state index contributed by atoms with van der Waals surface area (Å²) in [6.07, 6.45) is -0.286. The third-order valence-electron chi connectivity index (χ3n) is 6.35. The van der Waals surface area contributed by atoms with E-state index in [1.54, 1.807) is 0 Å². The summed E-state index contributed by atoms with van der Waals surface area (Å²) in [6.45, 7) is 2.79. The SMILES string of the molecule is O=C(O)C(F)(F)F.O=c1[nH]c(C2CCN(CCc3c[nH]c4ccccc34)CC2)nc2cc(F)c(F)cc12. The van der Waals surface area contributed by atoms with Crippen LogP contribution >= 0.6 is 0 Å². The summed E-state index contributed by atoms with van der Waals surface area (Å²) < 4.78 is 58.7. The van der Waals surface area contributed by atoms with Crippen molar-refractivity contribution in [2.45, 2.75) is 31.4 Å². The Hall–Kier alpha value is -3.80. The maximum Gasteiger partial charge on any atom is 0.490 e.